The quantitative estimate of drug-likeness (QED) is 0.189. The van der Waals surface area contributed by atoms with Gasteiger partial charge in [-0.1, -0.05) is 0 Å². The fourth-order valence-corrected chi connectivity index (χ4v) is 0. The van der Waals surface area contributed by atoms with E-state index in [1.54, 1.807) is 0 Å². The summed E-state index contributed by atoms with van der Waals surface area (Å²) >= 11 is 0. The van der Waals surface area contributed by atoms with E-state index in [-0.39, 0.29) is 48.7 Å². The molecule has 0 amide bonds. The summed E-state index contributed by atoms with van der Waals surface area (Å²) in [5.74, 6) is 0. The largest absolute Gasteiger partial charge is 1.00 e. The maximum absolute atomic E-state index is 8.93. The minimum Gasteiger partial charge on any atom is -0.419 e. The van der Waals surface area contributed by atoms with Crippen molar-refractivity contribution < 1.29 is 23.7 Å². The van der Waals surface area contributed by atoms with Crippen molar-refractivity contribution in [2.24, 2.45) is 0 Å². The van der Waals surface area contributed by atoms with E-state index < -0.39 is 0 Å². The number of carbonyl (C=O) groups excluding carboxylic acids is 1. The van der Waals surface area contributed by atoms with E-state index in [1.807, 2.05) is 0 Å². The van der Waals surface area contributed by atoms with Crippen LogP contribution >= 0.6 is 0 Å². The van der Waals surface area contributed by atoms with Gasteiger partial charge >= 0.3 is 18.9 Å². The molecular formula is C3H3Li2OSi. The molecule has 0 saturated heterocycles. The summed E-state index contributed by atoms with van der Waals surface area (Å²) in [6.07, 6.45) is 2.51. The average molecular weight is 97.0 g/mol. The first-order chi connectivity index (χ1) is 1.91. The molecule has 1 nitrogen and oxygen atoms in total. The van der Waals surface area contributed by atoms with Gasteiger partial charge in [0.05, 0.1) is 0 Å². The molecule has 0 heterocycles. The van der Waals surface area contributed by atoms with Gasteiger partial charge in [-0.2, -0.15) is 0 Å². The topological polar surface area (TPSA) is 17.1 Å². The molecule has 0 fully saturated rings. The van der Waals surface area contributed by atoms with Gasteiger partial charge in [-0.15, -0.1) is 0 Å². The van der Waals surface area contributed by atoms with Crippen molar-refractivity contribution in [2.75, 3.05) is 0 Å². The minimum absolute atomic E-state index is 0. The molecule has 0 unspecified atom stereocenters. The second-order valence-corrected chi connectivity index (χ2v) is 0.322. The Bertz CT molecular complexity index is 33.9. The summed E-state index contributed by atoms with van der Waals surface area (Å²) in [6.45, 7) is 3.06. The number of hydrogen-bond donors (Lipinski definition) is 0. The summed E-state index contributed by atoms with van der Waals surface area (Å²) in [6, 6.07) is 0. The molecule has 4 heteroatoms. The van der Waals surface area contributed by atoms with E-state index in [9.17, 15) is 0 Å². The van der Waals surface area contributed by atoms with E-state index in [4.69, 9.17) is 4.79 Å². The average Bonchev–Trinajstić information content (AvgIpc) is 1.37. The first-order valence-electron chi connectivity index (χ1n) is 0.901. The van der Waals surface area contributed by atoms with Gasteiger partial charge in [0.2, 0.25) is 0 Å². The summed E-state index contributed by atoms with van der Waals surface area (Å²) in [7, 11) is 0. The molecule has 0 bridgehead atoms. The zero-order valence-corrected chi connectivity index (χ0v) is 5.69. The Morgan fingerprint density at radius 1 is 1.57 bits per heavy atom. The van der Waals surface area contributed by atoms with Crippen molar-refractivity contribution in [1.82, 2.24) is 0 Å². The van der Waals surface area contributed by atoms with Gasteiger partial charge < -0.3 is 4.79 Å². The van der Waals surface area contributed by atoms with Gasteiger partial charge in [0.1, 0.15) is 0 Å². The SMILES string of the molecule is C=C[C-]=O.[Li+].[Li].[Si]. The number of rotatable bonds is 1. The monoisotopic (exact) mass is 97.0 g/mol. The number of allylic oxidation sites excluding steroid dienone is 1. The molecular weight excluding hydrogens is 94.0 g/mol. The van der Waals surface area contributed by atoms with Crippen molar-refractivity contribution >= 4 is 36.1 Å². The molecule has 0 aromatic heterocycles. The second kappa shape index (κ2) is 29.0. The zero-order chi connectivity index (χ0) is 3.41. The van der Waals surface area contributed by atoms with Crippen LogP contribution in [0.15, 0.2) is 12.7 Å². The van der Waals surface area contributed by atoms with E-state index in [0.29, 0.717) is 0 Å². The van der Waals surface area contributed by atoms with E-state index in [0.717, 1.165) is 6.08 Å². The maximum Gasteiger partial charge on any atom is 1.00 e. The Labute approximate surface area is 72.3 Å². The Balaban J connectivity index is -0.0000000150. The molecule has 0 saturated carbocycles. The maximum atomic E-state index is 8.93. The van der Waals surface area contributed by atoms with Crippen LogP contribution < -0.4 is 18.9 Å². The Morgan fingerprint density at radius 2 is 1.71 bits per heavy atom. The normalized spacial score (nSPS) is 2.86. The van der Waals surface area contributed by atoms with Crippen LogP contribution in [0.4, 0.5) is 0 Å². The van der Waals surface area contributed by atoms with Crippen molar-refractivity contribution in [2.45, 2.75) is 0 Å². The first-order valence-corrected chi connectivity index (χ1v) is 0.901. The second-order valence-electron chi connectivity index (χ2n) is 0.322. The van der Waals surface area contributed by atoms with Gasteiger partial charge in [0.25, 0.3) is 0 Å². The van der Waals surface area contributed by atoms with Gasteiger partial charge in [-0.3, -0.25) is 0 Å². The number of hydrogen-bond acceptors (Lipinski definition) is 1. The molecule has 7 heavy (non-hydrogen) atoms. The van der Waals surface area contributed by atoms with Gasteiger partial charge in [0.15, 0.2) is 0 Å². The van der Waals surface area contributed by atoms with Crippen LogP contribution in [0, 0.1) is 0 Å². The van der Waals surface area contributed by atoms with E-state index in [2.05, 4.69) is 6.58 Å². The Hall–Kier alpha value is 0.822. The third-order valence-electron chi connectivity index (χ3n) is 0.0833. The third-order valence-corrected chi connectivity index (χ3v) is 0.0833. The predicted octanol–water partition coefficient (Wildman–Crippen LogP) is -3.48. The predicted molar refractivity (Wildman–Crippen MR) is 27.4 cm³/mol. The van der Waals surface area contributed by atoms with Crippen LogP contribution in [0.25, 0.3) is 0 Å². The smallest absolute Gasteiger partial charge is 0.419 e. The molecule has 0 aromatic rings. The van der Waals surface area contributed by atoms with Gasteiger partial charge in [-0.25, -0.2) is 12.7 Å². The minimum atomic E-state index is 0. The molecule has 0 atom stereocenters. The molecule has 5 radical (unpaired) electrons. The van der Waals surface area contributed by atoms with Crippen LogP contribution in [0.3, 0.4) is 0 Å². The zero-order valence-electron chi connectivity index (χ0n) is 4.69. The third kappa shape index (κ3) is 47.8. The molecule has 0 rings (SSSR count). The molecule has 0 spiro atoms. The Kier molecular flexibility index (Phi) is 103. The molecule has 0 aromatic carbocycles. The standard InChI is InChI=1S/C3H3O.2Li.Si/c1-2-3-4;;;/h2H,1H2;;;/q-1;;+1;. The Morgan fingerprint density at radius 3 is 1.71 bits per heavy atom. The van der Waals surface area contributed by atoms with Crippen LogP contribution in [-0.2, 0) is 4.79 Å². The van der Waals surface area contributed by atoms with Crippen molar-refractivity contribution in [3.63, 3.8) is 0 Å². The van der Waals surface area contributed by atoms with Crippen molar-refractivity contribution in [1.29, 1.82) is 0 Å². The molecule has 0 aliphatic heterocycles. The van der Waals surface area contributed by atoms with E-state index in [1.165, 1.54) is 6.29 Å². The van der Waals surface area contributed by atoms with Crippen LogP contribution in [-0.4, -0.2) is 36.1 Å². The first kappa shape index (κ1) is 24.9. The van der Waals surface area contributed by atoms with Gasteiger partial charge in [-0.05, 0) is 6.29 Å². The van der Waals surface area contributed by atoms with Crippen LogP contribution in [0.5, 0.6) is 0 Å². The van der Waals surface area contributed by atoms with E-state index >= 15 is 0 Å². The molecule has 27 valence electrons. The summed E-state index contributed by atoms with van der Waals surface area (Å²) in [5.41, 5.74) is 0. The van der Waals surface area contributed by atoms with Crippen molar-refractivity contribution in [3.8, 4) is 0 Å². The molecule has 0 aliphatic carbocycles. The van der Waals surface area contributed by atoms with Crippen LogP contribution in [0.2, 0.25) is 0 Å². The van der Waals surface area contributed by atoms with Crippen molar-refractivity contribution in [3.05, 3.63) is 12.7 Å². The fraction of sp³-hybridized carbons (Fsp3) is 0. The van der Waals surface area contributed by atoms with Gasteiger partial charge in [0, 0.05) is 29.8 Å². The summed E-state index contributed by atoms with van der Waals surface area (Å²) in [4.78, 5) is 8.93. The van der Waals surface area contributed by atoms with Crippen LogP contribution in [0.1, 0.15) is 0 Å². The molecule has 0 N–H and O–H groups in total. The molecule has 0 aliphatic rings. The summed E-state index contributed by atoms with van der Waals surface area (Å²) < 4.78 is 0. The summed E-state index contributed by atoms with van der Waals surface area (Å²) in [5, 5.41) is 0. The fourth-order valence-electron chi connectivity index (χ4n) is 0.